The van der Waals surface area contributed by atoms with Crippen molar-refractivity contribution in [2.75, 3.05) is 0 Å². The second-order valence-electron chi connectivity index (χ2n) is 4.02. The fourth-order valence-corrected chi connectivity index (χ4v) is 2.02. The van der Waals surface area contributed by atoms with Gasteiger partial charge in [-0.3, -0.25) is 9.36 Å². The van der Waals surface area contributed by atoms with E-state index in [4.69, 9.17) is 4.42 Å². The summed E-state index contributed by atoms with van der Waals surface area (Å²) in [5.74, 6) is 0. The molecule has 0 aliphatic rings. The van der Waals surface area contributed by atoms with Gasteiger partial charge in [0.2, 0.25) is 5.58 Å². The summed E-state index contributed by atoms with van der Waals surface area (Å²) in [5.41, 5.74) is 1.61. The Morgan fingerprint density at radius 3 is 3.00 bits per heavy atom. The highest BCUT2D eigenvalue weighted by molar-refractivity contribution is 6.01. The van der Waals surface area contributed by atoms with Crippen LogP contribution in [0.3, 0.4) is 0 Å². The largest absolute Gasteiger partial charge is 0.448 e. The molecule has 4 nitrogen and oxygen atoms in total. The zero-order valence-electron chi connectivity index (χ0n) is 9.51. The first kappa shape index (κ1) is 10.1. The molecule has 3 aromatic rings. The van der Waals surface area contributed by atoms with E-state index in [2.05, 4.69) is 4.98 Å². The molecular formula is C13H12N2O2. The molecule has 0 atom stereocenters. The van der Waals surface area contributed by atoms with Crippen LogP contribution in [0.2, 0.25) is 0 Å². The van der Waals surface area contributed by atoms with E-state index in [1.54, 1.807) is 10.9 Å². The maximum Gasteiger partial charge on any atom is 0.297 e. The van der Waals surface area contributed by atoms with Gasteiger partial charge in [0.05, 0.1) is 6.33 Å². The van der Waals surface area contributed by atoms with Crippen LogP contribution in [0.15, 0.2) is 39.8 Å². The van der Waals surface area contributed by atoms with Crippen molar-refractivity contribution in [2.24, 2.45) is 0 Å². The molecule has 86 valence electrons. The van der Waals surface area contributed by atoms with Crippen LogP contribution in [-0.4, -0.2) is 9.55 Å². The lowest BCUT2D eigenvalue weighted by molar-refractivity contribution is 0.613. The summed E-state index contributed by atoms with van der Waals surface area (Å²) >= 11 is 0. The molecule has 0 bridgehead atoms. The Morgan fingerprint density at radius 2 is 2.18 bits per heavy atom. The van der Waals surface area contributed by atoms with Gasteiger partial charge >= 0.3 is 0 Å². The van der Waals surface area contributed by atoms with Gasteiger partial charge in [0, 0.05) is 11.9 Å². The Balaban J connectivity index is 2.41. The van der Waals surface area contributed by atoms with E-state index in [0.717, 1.165) is 11.8 Å². The van der Waals surface area contributed by atoms with Crippen LogP contribution in [-0.2, 0) is 6.54 Å². The molecule has 0 spiro atoms. The third-order valence-corrected chi connectivity index (χ3v) is 2.82. The van der Waals surface area contributed by atoms with Crippen LogP contribution < -0.4 is 5.56 Å². The first-order valence-electron chi connectivity index (χ1n) is 5.68. The number of para-hydroxylation sites is 1. The minimum atomic E-state index is -0.104. The zero-order valence-corrected chi connectivity index (χ0v) is 9.51. The smallest absolute Gasteiger partial charge is 0.297 e. The minimum Gasteiger partial charge on any atom is -0.448 e. The average molecular weight is 228 g/mol. The molecule has 0 aliphatic heterocycles. The zero-order chi connectivity index (χ0) is 11.8. The molecule has 4 heteroatoms. The number of hydrogen-bond acceptors (Lipinski definition) is 3. The molecule has 3 rings (SSSR count). The average Bonchev–Trinajstić information content (AvgIpc) is 2.73. The van der Waals surface area contributed by atoms with Gasteiger partial charge in [0.1, 0.15) is 11.1 Å². The first-order valence-corrected chi connectivity index (χ1v) is 5.68. The Bertz CT molecular complexity index is 740. The van der Waals surface area contributed by atoms with Gasteiger partial charge in [-0.05, 0) is 18.6 Å². The van der Waals surface area contributed by atoms with Crippen LogP contribution in [0.1, 0.15) is 13.3 Å². The van der Waals surface area contributed by atoms with Crippen molar-refractivity contribution in [3.05, 3.63) is 40.9 Å². The van der Waals surface area contributed by atoms with Crippen molar-refractivity contribution in [3.63, 3.8) is 0 Å². The summed E-state index contributed by atoms with van der Waals surface area (Å²) in [6, 6.07) is 7.56. The number of furan rings is 1. The second-order valence-corrected chi connectivity index (χ2v) is 4.02. The van der Waals surface area contributed by atoms with Crippen LogP contribution >= 0.6 is 0 Å². The molecule has 2 heterocycles. The summed E-state index contributed by atoms with van der Waals surface area (Å²) in [5, 5.41) is 0.892. The number of benzene rings is 1. The van der Waals surface area contributed by atoms with Crippen LogP contribution in [0, 0.1) is 0 Å². The third kappa shape index (κ3) is 1.45. The SMILES string of the molecule is CCCn1cnc2c(oc3ccccc32)c1=O. The van der Waals surface area contributed by atoms with Crippen molar-refractivity contribution in [3.8, 4) is 0 Å². The van der Waals surface area contributed by atoms with E-state index < -0.39 is 0 Å². The number of rotatable bonds is 2. The second kappa shape index (κ2) is 3.73. The Kier molecular flexibility index (Phi) is 2.21. The van der Waals surface area contributed by atoms with Gasteiger partial charge in [-0.15, -0.1) is 0 Å². The highest BCUT2D eigenvalue weighted by atomic mass is 16.3. The van der Waals surface area contributed by atoms with Gasteiger partial charge in [-0.2, -0.15) is 0 Å². The van der Waals surface area contributed by atoms with Gasteiger partial charge < -0.3 is 4.42 Å². The number of aryl methyl sites for hydroxylation is 1. The highest BCUT2D eigenvalue weighted by Crippen LogP contribution is 2.23. The van der Waals surface area contributed by atoms with Crippen molar-refractivity contribution >= 4 is 22.1 Å². The molecule has 2 aromatic heterocycles. The van der Waals surface area contributed by atoms with Crippen LogP contribution in [0.25, 0.3) is 22.1 Å². The standard InChI is InChI=1S/C13H12N2O2/c1-2-7-15-8-14-11-9-5-3-4-6-10(9)17-12(11)13(15)16/h3-6,8H,2,7H2,1H3. The van der Waals surface area contributed by atoms with Crippen LogP contribution in [0.4, 0.5) is 0 Å². The van der Waals surface area contributed by atoms with Crippen molar-refractivity contribution in [1.29, 1.82) is 0 Å². The van der Waals surface area contributed by atoms with E-state index in [9.17, 15) is 4.79 Å². The fourth-order valence-electron chi connectivity index (χ4n) is 2.02. The van der Waals surface area contributed by atoms with Gasteiger partial charge in [0.25, 0.3) is 5.56 Å². The lowest BCUT2D eigenvalue weighted by Gasteiger charge is -2.00. The number of nitrogens with zero attached hydrogens (tertiary/aromatic N) is 2. The Hall–Kier alpha value is -2.10. The molecule has 1 aromatic carbocycles. The van der Waals surface area contributed by atoms with E-state index in [0.29, 0.717) is 23.2 Å². The molecule has 17 heavy (non-hydrogen) atoms. The van der Waals surface area contributed by atoms with Crippen LogP contribution in [0.5, 0.6) is 0 Å². The number of aromatic nitrogens is 2. The summed E-state index contributed by atoms with van der Waals surface area (Å²) in [7, 11) is 0. The fraction of sp³-hybridized carbons (Fsp3) is 0.231. The molecule has 0 unspecified atom stereocenters. The summed E-state index contributed by atoms with van der Waals surface area (Å²) < 4.78 is 7.16. The lowest BCUT2D eigenvalue weighted by Crippen LogP contribution is -2.19. The topological polar surface area (TPSA) is 48.0 Å². The summed E-state index contributed by atoms with van der Waals surface area (Å²) in [6.07, 6.45) is 2.49. The van der Waals surface area contributed by atoms with Gasteiger partial charge in [-0.1, -0.05) is 19.1 Å². The van der Waals surface area contributed by atoms with Gasteiger partial charge in [-0.25, -0.2) is 4.98 Å². The molecule has 0 saturated heterocycles. The Labute approximate surface area is 97.5 Å². The third-order valence-electron chi connectivity index (χ3n) is 2.82. The maximum atomic E-state index is 12.1. The molecule has 0 N–H and O–H groups in total. The quantitative estimate of drug-likeness (QED) is 0.677. The minimum absolute atomic E-state index is 0.104. The number of hydrogen-bond donors (Lipinski definition) is 0. The molecule has 0 amide bonds. The molecule has 0 fully saturated rings. The number of fused-ring (bicyclic) bond motifs is 3. The highest BCUT2D eigenvalue weighted by Gasteiger charge is 2.12. The predicted octanol–water partition coefficient (Wildman–Crippen LogP) is 2.55. The molecule has 0 saturated carbocycles. The Morgan fingerprint density at radius 1 is 1.35 bits per heavy atom. The molecule has 0 radical (unpaired) electrons. The van der Waals surface area contributed by atoms with Crippen molar-refractivity contribution < 1.29 is 4.42 Å². The molecular weight excluding hydrogens is 216 g/mol. The monoisotopic (exact) mass is 228 g/mol. The van der Waals surface area contributed by atoms with E-state index in [1.807, 2.05) is 31.2 Å². The van der Waals surface area contributed by atoms with E-state index in [1.165, 1.54) is 0 Å². The van der Waals surface area contributed by atoms with E-state index in [-0.39, 0.29) is 5.56 Å². The lowest BCUT2D eigenvalue weighted by atomic mass is 10.2. The summed E-state index contributed by atoms with van der Waals surface area (Å²) in [4.78, 5) is 16.4. The predicted molar refractivity (Wildman–Crippen MR) is 66.1 cm³/mol. The normalized spacial score (nSPS) is 11.4. The molecule has 0 aliphatic carbocycles. The van der Waals surface area contributed by atoms with Crippen molar-refractivity contribution in [2.45, 2.75) is 19.9 Å². The summed E-state index contributed by atoms with van der Waals surface area (Å²) in [6.45, 7) is 2.69. The van der Waals surface area contributed by atoms with Crippen molar-refractivity contribution in [1.82, 2.24) is 9.55 Å². The van der Waals surface area contributed by atoms with E-state index >= 15 is 0 Å². The van der Waals surface area contributed by atoms with Gasteiger partial charge in [0.15, 0.2) is 0 Å². The first-order chi connectivity index (χ1) is 8.31. The maximum absolute atomic E-state index is 12.1.